The van der Waals surface area contributed by atoms with Gasteiger partial charge in [0.2, 0.25) is 5.91 Å². The molecule has 1 amide bonds. The fraction of sp³-hybridized carbons (Fsp3) is 0.944. The summed E-state index contributed by atoms with van der Waals surface area (Å²) in [6, 6.07) is 0. The number of carbonyl (C=O) groups is 1. The van der Waals surface area contributed by atoms with Gasteiger partial charge in [0.15, 0.2) is 0 Å². The van der Waals surface area contributed by atoms with Crippen molar-refractivity contribution in [1.29, 1.82) is 0 Å². The predicted molar refractivity (Wildman–Crippen MR) is 81.5 cm³/mol. The largest absolute Gasteiger partial charge is 0.393 e. The molecule has 1 saturated heterocycles. The minimum Gasteiger partial charge on any atom is -0.393 e. The Morgan fingerprint density at radius 1 is 1.05 bits per heavy atom. The van der Waals surface area contributed by atoms with Gasteiger partial charge in [0.1, 0.15) is 0 Å². The van der Waals surface area contributed by atoms with Crippen LogP contribution >= 0.6 is 0 Å². The summed E-state index contributed by atoms with van der Waals surface area (Å²) in [5.41, 5.74) is 0.363. The van der Waals surface area contributed by atoms with E-state index in [1.165, 1.54) is 25.7 Å². The van der Waals surface area contributed by atoms with Gasteiger partial charge in [-0.25, -0.2) is 0 Å². The van der Waals surface area contributed by atoms with E-state index < -0.39 is 0 Å². The lowest BCUT2D eigenvalue weighted by Gasteiger charge is -2.59. The van der Waals surface area contributed by atoms with E-state index in [9.17, 15) is 9.90 Å². The molecule has 4 aliphatic rings. The third-order valence-electron chi connectivity index (χ3n) is 8.10. The summed E-state index contributed by atoms with van der Waals surface area (Å²) >= 11 is 0. The number of hydrogen-bond donors (Lipinski definition) is 2. The van der Waals surface area contributed by atoms with Gasteiger partial charge < -0.3 is 10.4 Å². The standard InChI is InChI=1S/C18H29NO2/c1-17-8-7-14-12(13(17)5-6-15(17)20)4-3-11-10-19-16(21)9-18(11,14)2/h11-15,20H,3-10H2,1-2H3,(H,19,21)/t11-,12-,13-,14-,15-,17-,18-/m0/s1. The highest BCUT2D eigenvalue weighted by Gasteiger charge is 2.60. The first-order valence-electron chi connectivity index (χ1n) is 8.90. The molecule has 4 rings (SSSR count). The average molecular weight is 291 g/mol. The molecule has 7 atom stereocenters. The van der Waals surface area contributed by atoms with Gasteiger partial charge in [-0.3, -0.25) is 4.79 Å². The van der Waals surface area contributed by atoms with Gasteiger partial charge in [-0.05, 0) is 73.0 Å². The van der Waals surface area contributed by atoms with Gasteiger partial charge in [0.05, 0.1) is 6.10 Å². The summed E-state index contributed by atoms with van der Waals surface area (Å²) in [7, 11) is 0. The molecular weight excluding hydrogens is 262 g/mol. The van der Waals surface area contributed by atoms with E-state index >= 15 is 0 Å². The zero-order chi connectivity index (χ0) is 14.8. The van der Waals surface area contributed by atoms with Crippen molar-refractivity contribution in [1.82, 2.24) is 5.32 Å². The van der Waals surface area contributed by atoms with Gasteiger partial charge >= 0.3 is 0 Å². The van der Waals surface area contributed by atoms with Crippen LogP contribution in [0.2, 0.25) is 0 Å². The van der Waals surface area contributed by atoms with E-state index in [4.69, 9.17) is 0 Å². The van der Waals surface area contributed by atoms with E-state index in [0.717, 1.165) is 31.7 Å². The van der Waals surface area contributed by atoms with Crippen molar-refractivity contribution in [2.75, 3.05) is 6.54 Å². The number of rotatable bonds is 0. The van der Waals surface area contributed by atoms with Gasteiger partial charge in [0.25, 0.3) is 0 Å². The summed E-state index contributed by atoms with van der Waals surface area (Å²) in [5.74, 6) is 3.06. The van der Waals surface area contributed by atoms with Crippen molar-refractivity contribution < 1.29 is 9.90 Å². The lowest BCUT2D eigenvalue weighted by atomic mass is 9.46. The van der Waals surface area contributed by atoms with E-state index in [0.29, 0.717) is 17.8 Å². The molecule has 1 aliphatic heterocycles. The maximum absolute atomic E-state index is 12.0. The minimum absolute atomic E-state index is 0.0939. The molecule has 3 saturated carbocycles. The van der Waals surface area contributed by atoms with E-state index in [1.54, 1.807) is 0 Å². The van der Waals surface area contributed by atoms with Crippen LogP contribution in [-0.4, -0.2) is 23.7 Å². The first kappa shape index (κ1) is 14.0. The number of amides is 1. The number of carbonyl (C=O) groups excluding carboxylic acids is 1. The number of hydrogen-bond acceptors (Lipinski definition) is 2. The van der Waals surface area contributed by atoms with Gasteiger partial charge in [-0.15, -0.1) is 0 Å². The highest BCUT2D eigenvalue weighted by atomic mass is 16.3. The highest BCUT2D eigenvalue weighted by molar-refractivity contribution is 5.77. The lowest BCUT2D eigenvalue weighted by Crippen LogP contribution is -2.58. The molecular formula is C18H29NO2. The van der Waals surface area contributed by atoms with Crippen molar-refractivity contribution >= 4 is 5.91 Å². The smallest absolute Gasteiger partial charge is 0.220 e. The van der Waals surface area contributed by atoms with Crippen molar-refractivity contribution in [2.24, 2.45) is 34.5 Å². The highest BCUT2D eigenvalue weighted by Crippen LogP contribution is 2.64. The van der Waals surface area contributed by atoms with Gasteiger partial charge in [0, 0.05) is 13.0 Å². The first-order valence-corrected chi connectivity index (χ1v) is 8.90. The molecule has 21 heavy (non-hydrogen) atoms. The number of fused-ring (bicyclic) bond motifs is 5. The monoisotopic (exact) mass is 291 g/mol. The van der Waals surface area contributed by atoms with Gasteiger partial charge in [-0.1, -0.05) is 13.8 Å². The summed E-state index contributed by atoms with van der Waals surface area (Å²) < 4.78 is 0. The lowest BCUT2D eigenvalue weighted by molar-refractivity contribution is -0.145. The molecule has 0 spiro atoms. The second kappa shape index (κ2) is 4.47. The predicted octanol–water partition coefficient (Wildman–Crippen LogP) is 2.73. The third kappa shape index (κ3) is 1.79. The quantitative estimate of drug-likeness (QED) is 0.721. The number of nitrogens with one attached hydrogen (secondary N) is 1. The summed E-state index contributed by atoms with van der Waals surface area (Å²) in [6.07, 6.45) is 7.78. The fourth-order valence-corrected chi connectivity index (χ4v) is 6.76. The van der Waals surface area contributed by atoms with Crippen LogP contribution in [0, 0.1) is 34.5 Å². The molecule has 3 aliphatic carbocycles. The van der Waals surface area contributed by atoms with Crippen LogP contribution in [0.3, 0.4) is 0 Å². The van der Waals surface area contributed by atoms with Crippen LogP contribution in [0.4, 0.5) is 0 Å². The van der Waals surface area contributed by atoms with E-state index in [-0.39, 0.29) is 22.8 Å². The van der Waals surface area contributed by atoms with Crippen molar-refractivity contribution in [3.63, 3.8) is 0 Å². The van der Waals surface area contributed by atoms with Crippen LogP contribution in [-0.2, 0) is 4.79 Å². The Bertz CT molecular complexity index is 464. The normalized spacial score (nSPS) is 56.1. The number of piperidine rings is 1. The molecule has 4 fully saturated rings. The van der Waals surface area contributed by atoms with Crippen LogP contribution in [0.25, 0.3) is 0 Å². The second-order valence-corrected chi connectivity index (χ2v) is 8.78. The molecule has 0 radical (unpaired) electrons. The summed E-state index contributed by atoms with van der Waals surface area (Å²) in [6.45, 7) is 5.61. The molecule has 0 aromatic carbocycles. The molecule has 2 N–H and O–H groups in total. The average Bonchev–Trinajstić information content (AvgIpc) is 2.74. The van der Waals surface area contributed by atoms with Crippen molar-refractivity contribution in [3.8, 4) is 0 Å². The summed E-state index contributed by atoms with van der Waals surface area (Å²) in [5, 5.41) is 13.5. The fourth-order valence-electron chi connectivity index (χ4n) is 6.76. The van der Waals surface area contributed by atoms with E-state index in [2.05, 4.69) is 19.2 Å². The first-order chi connectivity index (χ1) is 9.95. The minimum atomic E-state index is -0.0939. The molecule has 3 heteroatoms. The van der Waals surface area contributed by atoms with Crippen molar-refractivity contribution in [2.45, 2.75) is 64.9 Å². The SMILES string of the molecule is C[C@]12CC(=O)NC[C@@H]1CC[C@@H]1[C@@H]2CC[C@]2(C)[C@@H](O)CC[C@@H]12. The Morgan fingerprint density at radius 2 is 1.81 bits per heavy atom. The van der Waals surface area contributed by atoms with Crippen LogP contribution in [0.1, 0.15) is 58.8 Å². The Kier molecular flexibility index (Phi) is 2.99. The maximum Gasteiger partial charge on any atom is 0.220 e. The molecule has 1 heterocycles. The zero-order valence-corrected chi connectivity index (χ0v) is 13.4. The van der Waals surface area contributed by atoms with Crippen LogP contribution < -0.4 is 5.32 Å². The van der Waals surface area contributed by atoms with E-state index in [1.807, 2.05) is 0 Å². The molecule has 0 bridgehead atoms. The van der Waals surface area contributed by atoms with Crippen molar-refractivity contribution in [3.05, 3.63) is 0 Å². The van der Waals surface area contributed by atoms with Crippen LogP contribution in [0.15, 0.2) is 0 Å². The van der Waals surface area contributed by atoms with Crippen LogP contribution in [0.5, 0.6) is 0 Å². The molecule has 0 aromatic heterocycles. The topological polar surface area (TPSA) is 49.3 Å². The third-order valence-corrected chi connectivity index (χ3v) is 8.10. The Labute approximate surface area is 127 Å². The zero-order valence-electron chi connectivity index (χ0n) is 13.4. The molecule has 3 nitrogen and oxygen atoms in total. The Hall–Kier alpha value is -0.570. The Morgan fingerprint density at radius 3 is 2.62 bits per heavy atom. The molecule has 0 aromatic rings. The maximum atomic E-state index is 12.0. The Balaban J connectivity index is 1.66. The second-order valence-electron chi connectivity index (χ2n) is 8.78. The molecule has 0 unspecified atom stereocenters. The number of aliphatic hydroxyl groups excluding tert-OH is 1. The van der Waals surface area contributed by atoms with Gasteiger partial charge in [-0.2, -0.15) is 0 Å². The molecule has 118 valence electrons. The summed E-state index contributed by atoms with van der Waals surface area (Å²) in [4.78, 5) is 12.0. The number of aliphatic hydroxyl groups is 1.